The van der Waals surface area contributed by atoms with Gasteiger partial charge in [-0.25, -0.2) is 5.43 Å². The van der Waals surface area contributed by atoms with Crippen LogP contribution in [0, 0.1) is 0 Å². The second-order valence-electron chi connectivity index (χ2n) is 3.08. The maximum Gasteiger partial charge on any atom is 0.289 e. The summed E-state index contributed by atoms with van der Waals surface area (Å²) < 4.78 is 1.00. The molecule has 0 unspecified atom stereocenters. The van der Waals surface area contributed by atoms with Gasteiger partial charge >= 0.3 is 0 Å². The van der Waals surface area contributed by atoms with Crippen LogP contribution >= 0.6 is 27.3 Å². The molecule has 2 heterocycles. The molecule has 0 aliphatic heterocycles. The van der Waals surface area contributed by atoms with Crippen molar-refractivity contribution >= 4 is 39.4 Å². The minimum Gasteiger partial charge on any atom is -0.266 e. The lowest BCUT2D eigenvalue weighted by Gasteiger charge is -1.96. The van der Waals surface area contributed by atoms with E-state index in [1.54, 1.807) is 30.6 Å². The van der Waals surface area contributed by atoms with Gasteiger partial charge in [-0.05, 0) is 34.1 Å². The third-order valence-electron chi connectivity index (χ3n) is 1.84. The van der Waals surface area contributed by atoms with Crippen LogP contribution in [0.5, 0.6) is 0 Å². The van der Waals surface area contributed by atoms with Crippen molar-refractivity contribution in [2.75, 3.05) is 0 Å². The molecular formula is C11H8BrN3OS. The highest BCUT2D eigenvalue weighted by Gasteiger charge is 2.03. The van der Waals surface area contributed by atoms with Crippen LogP contribution in [0.1, 0.15) is 15.4 Å². The highest BCUT2D eigenvalue weighted by atomic mass is 79.9. The third kappa shape index (κ3) is 3.47. The van der Waals surface area contributed by atoms with Crippen LogP contribution in [0.3, 0.4) is 0 Å². The van der Waals surface area contributed by atoms with Crippen molar-refractivity contribution in [3.8, 4) is 0 Å². The lowest BCUT2D eigenvalue weighted by atomic mass is 10.3. The molecule has 0 aromatic carbocycles. The van der Waals surface area contributed by atoms with Gasteiger partial charge in [0.15, 0.2) is 0 Å². The van der Waals surface area contributed by atoms with Gasteiger partial charge in [0.05, 0.1) is 6.21 Å². The van der Waals surface area contributed by atoms with E-state index in [4.69, 9.17) is 0 Å². The predicted molar refractivity (Wildman–Crippen MR) is 71.3 cm³/mol. The van der Waals surface area contributed by atoms with Gasteiger partial charge in [-0.2, -0.15) is 5.10 Å². The Morgan fingerprint density at radius 1 is 1.53 bits per heavy atom. The lowest BCUT2D eigenvalue weighted by molar-refractivity contribution is 0.0950. The van der Waals surface area contributed by atoms with Crippen molar-refractivity contribution in [2.24, 2.45) is 5.10 Å². The quantitative estimate of drug-likeness (QED) is 0.700. The summed E-state index contributed by atoms with van der Waals surface area (Å²) >= 11 is 4.88. The molecular weight excluding hydrogens is 302 g/mol. The molecule has 1 N–H and O–H groups in total. The summed E-state index contributed by atoms with van der Waals surface area (Å²) in [4.78, 5) is 16.4. The van der Waals surface area contributed by atoms with E-state index in [1.807, 2.05) is 11.4 Å². The van der Waals surface area contributed by atoms with E-state index >= 15 is 0 Å². The van der Waals surface area contributed by atoms with Crippen LogP contribution in [0.4, 0.5) is 0 Å². The number of hydrogen-bond acceptors (Lipinski definition) is 4. The zero-order valence-electron chi connectivity index (χ0n) is 8.63. The largest absolute Gasteiger partial charge is 0.289 e. The Kier molecular flexibility index (Phi) is 4.00. The Labute approximate surface area is 111 Å². The summed E-state index contributed by atoms with van der Waals surface area (Å²) in [6, 6.07) is 7.05. The van der Waals surface area contributed by atoms with Crippen molar-refractivity contribution < 1.29 is 4.79 Å². The molecule has 2 aromatic heterocycles. The second-order valence-corrected chi connectivity index (χ2v) is 4.94. The Morgan fingerprint density at radius 2 is 2.41 bits per heavy atom. The highest BCUT2D eigenvalue weighted by molar-refractivity contribution is 9.10. The van der Waals surface area contributed by atoms with E-state index in [1.165, 1.54) is 11.3 Å². The number of aromatic nitrogens is 1. The van der Waals surface area contributed by atoms with Crippen LogP contribution < -0.4 is 5.43 Å². The van der Waals surface area contributed by atoms with Crippen LogP contribution in [0.15, 0.2) is 45.4 Å². The fraction of sp³-hybridized carbons (Fsp3) is 0. The van der Waals surface area contributed by atoms with Crippen LogP contribution in [-0.4, -0.2) is 17.1 Å². The number of rotatable bonds is 3. The third-order valence-corrected chi connectivity index (χ3v) is 3.47. The molecule has 4 nitrogen and oxygen atoms in total. The van der Waals surface area contributed by atoms with E-state index in [2.05, 4.69) is 31.4 Å². The monoisotopic (exact) mass is 309 g/mol. The van der Waals surface area contributed by atoms with Gasteiger partial charge in [-0.1, -0.05) is 6.07 Å². The first-order valence-electron chi connectivity index (χ1n) is 4.74. The molecule has 6 heteroatoms. The van der Waals surface area contributed by atoms with E-state index < -0.39 is 0 Å². The number of carbonyl (C=O) groups is 1. The van der Waals surface area contributed by atoms with E-state index in [0.717, 1.165) is 9.35 Å². The predicted octanol–water partition coefficient (Wildman–Crippen LogP) is 2.67. The summed E-state index contributed by atoms with van der Waals surface area (Å²) in [7, 11) is 0. The fourth-order valence-corrected chi connectivity index (χ4v) is 2.41. The van der Waals surface area contributed by atoms with Crippen molar-refractivity contribution in [3.63, 3.8) is 0 Å². The molecule has 86 valence electrons. The minimum atomic E-state index is -0.322. The van der Waals surface area contributed by atoms with Gasteiger partial charge in [0, 0.05) is 20.9 Å². The first kappa shape index (κ1) is 11.9. The topological polar surface area (TPSA) is 54.4 Å². The standard InChI is InChI=1S/C11H8BrN3OS/c12-8-5-9(17-7-8)6-14-15-11(16)10-3-1-2-4-13-10/h1-7H,(H,15,16)/b14-6+. The van der Waals surface area contributed by atoms with Crippen molar-refractivity contribution in [1.82, 2.24) is 10.4 Å². The smallest absolute Gasteiger partial charge is 0.266 e. The Balaban J connectivity index is 1.95. The van der Waals surface area contributed by atoms with Gasteiger partial charge in [0.1, 0.15) is 5.69 Å². The molecule has 0 fully saturated rings. The number of hydrazone groups is 1. The van der Waals surface area contributed by atoms with Gasteiger partial charge in [0.25, 0.3) is 5.91 Å². The Hall–Kier alpha value is -1.53. The number of thiophene rings is 1. The van der Waals surface area contributed by atoms with Gasteiger partial charge in [-0.15, -0.1) is 11.3 Å². The number of hydrogen-bond donors (Lipinski definition) is 1. The van der Waals surface area contributed by atoms with E-state index in [0.29, 0.717) is 5.69 Å². The lowest BCUT2D eigenvalue weighted by Crippen LogP contribution is -2.18. The molecule has 2 rings (SSSR count). The molecule has 2 aromatic rings. The molecule has 0 saturated carbocycles. The first-order valence-corrected chi connectivity index (χ1v) is 6.41. The van der Waals surface area contributed by atoms with Gasteiger partial charge < -0.3 is 0 Å². The number of halogens is 1. The summed E-state index contributed by atoms with van der Waals surface area (Å²) in [6.45, 7) is 0. The Bertz CT molecular complexity index is 539. The molecule has 0 aliphatic carbocycles. The van der Waals surface area contributed by atoms with Crippen LogP contribution in [0.25, 0.3) is 0 Å². The molecule has 0 saturated heterocycles. The van der Waals surface area contributed by atoms with Gasteiger partial charge in [-0.3, -0.25) is 9.78 Å². The molecule has 0 bridgehead atoms. The molecule has 17 heavy (non-hydrogen) atoms. The number of nitrogens with zero attached hydrogens (tertiary/aromatic N) is 2. The summed E-state index contributed by atoms with van der Waals surface area (Å²) in [6.07, 6.45) is 3.16. The van der Waals surface area contributed by atoms with Gasteiger partial charge in [0.2, 0.25) is 0 Å². The second kappa shape index (κ2) is 5.70. The molecule has 1 amide bonds. The zero-order valence-corrected chi connectivity index (χ0v) is 11.0. The SMILES string of the molecule is O=C(N/N=C/c1cc(Br)cs1)c1ccccn1. The normalized spacial score (nSPS) is 10.6. The maximum absolute atomic E-state index is 11.5. The number of pyridine rings is 1. The molecule has 0 atom stereocenters. The van der Waals surface area contributed by atoms with Crippen molar-refractivity contribution in [3.05, 3.63) is 50.9 Å². The van der Waals surface area contributed by atoms with Crippen molar-refractivity contribution in [1.29, 1.82) is 0 Å². The molecule has 0 radical (unpaired) electrons. The fourth-order valence-electron chi connectivity index (χ4n) is 1.10. The van der Waals surface area contributed by atoms with E-state index in [-0.39, 0.29) is 5.91 Å². The first-order chi connectivity index (χ1) is 8.25. The molecule has 0 spiro atoms. The minimum absolute atomic E-state index is 0.322. The van der Waals surface area contributed by atoms with E-state index in [9.17, 15) is 4.79 Å². The zero-order chi connectivity index (χ0) is 12.1. The Morgan fingerprint density at radius 3 is 3.06 bits per heavy atom. The van der Waals surface area contributed by atoms with Crippen molar-refractivity contribution in [2.45, 2.75) is 0 Å². The summed E-state index contributed by atoms with van der Waals surface area (Å²) in [5, 5.41) is 5.80. The average molecular weight is 310 g/mol. The molecule has 0 aliphatic rings. The number of amides is 1. The maximum atomic E-state index is 11.5. The summed E-state index contributed by atoms with van der Waals surface area (Å²) in [5.74, 6) is -0.322. The number of nitrogens with one attached hydrogen (secondary N) is 1. The highest BCUT2D eigenvalue weighted by Crippen LogP contribution is 2.17. The summed E-state index contributed by atoms with van der Waals surface area (Å²) in [5.41, 5.74) is 2.76. The number of carbonyl (C=O) groups excluding carboxylic acids is 1. The van der Waals surface area contributed by atoms with Crippen LogP contribution in [0.2, 0.25) is 0 Å². The van der Waals surface area contributed by atoms with Crippen LogP contribution in [-0.2, 0) is 0 Å². The average Bonchev–Trinajstić information content (AvgIpc) is 2.76.